The highest BCUT2D eigenvalue weighted by Crippen LogP contribution is 2.32. The van der Waals surface area contributed by atoms with Crippen molar-refractivity contribution in [3.8, 4) is 5.40 Å². The molecule has 0 spiro atoms. The van der Waals surface area contributed by atoms with E-state index in [0.29, 0.717) is 0 Å². The summed E-state index contributed by atoms with van der Waals surface area (Å²) in [7, 11) is 0. The van der Waals surface area contributed by atoms with E-state index in [1.54, 1.807) is 24.8 Å². The summed E-state index contributed by atoms with van der Waals surface area (Å²) >= 11 is 1.31. The molecule has 1 atom stereocenters. The standard InChI is InChI=1S/C14H13N3S/c15-11-18-14(13-5-9-17-10-6-13)2-1-12-3-7-16-8-4-12/h3-10,14H,1-2H2. The first-order chi connectivity index (χ1) is 8.90. The zero-order valence-corrected chi connectivity index (χ0v) is 10.7. The Labute approximate surface area is 111 Å². The topological polar surface area (TPSA) is 49.6 Å². The Morgan fingerprint density at radius 2 is 1.67 bits per heavy atom. The molecule has 90 valence electrons. The second kappa shape index (κ2) is 6.77. The molecule has 18 heavy (non-hydrogen) atoms. The molecule has 0 aliphatic rings. The van der Waals surface area contributed by atoms with Crippen LogP contribution in [0.25, 0.3) is 0 Å². The molecule has 0 fully saturated rings. The molecular formula is C14H13N3S. The van der Waals surface area contributed by atoms with Crippen LogP contribution in [0, 0.1) is 10.7 Å². The second-order valence-electron chi connectivity index (χ2n) is 3.87. The summed E-state index contributed by atoms with van der Waals surface area (Å²) in [6, 6.07) is 7.98. The highest BCUT2D eigenvalue weighted by Gasteiger charge is 2.12. The minimum Gasteiger partial charge on any atom is -0.265 e. The lowest BCUT2D eigenvalue weighted by atomic mass is 10.1. The van der Waals surface area contributed by atoms with Gasteiger partial charge in [0.05, 0.1) is 0 Å². The minimum atomic E-state index is 0.200. The number of thioether (sulfide) groups is 1. The van der Waals surface area contributed by atoms with Gasteiger partial charge in [0.1, 0.15) is 5.40 Å². The maximum atomic E-state index is 8.88. The maximum Gasteiger partial charge on any atom is 0.133 e. The van der Waals surface area contributed by atoms with Crippen LogP contribution in [0.15, 0.2) is 49.1 Å². The minimum absolute atomic E-state index is 0.200. The molecule has 0 aliphatic heterocycles. The van der Waals surface area contributed by atoms with Crippen LogP contribution in [-0.2, 0) is 6.42 Å². The summed E-state index contributed by atoms with van der Waals surface area (Å²) in [5.74, 6) is 0. The number of thiocyanates is 1. The molecule has 0 N–H and O–H groups in total. The SMILES string of the molecule is N#CSC(CCc1ccncc1)c1ccncc1. The Morgan fingerprint density at radius 3 is 2.28 bits per heavy atom. The molecule has 4 heteroatoms. The summed E-state index contributed by atoms with van der Waals surface area (Å²) in [6.45, 7) is 0. The molecule has 2 heterocycles. The average molecular weight is 255 g/mol. The van der Waals surface area contributed by atoms with Gasteiger partial charge in [-0.2, -0.15) is 5.26 Å². The summed E-state index contributed by atoms with van der Waals surface area (Å²) in [6.07, 6.45) is 9.03. The monoisotopic (exact) mass is 255 g/mol. The van der Waals surface area contributed by atoms with Gasteiger partial charge >= 0.3 is 0 Å². The fraction of sp³-hybridized carbons (Fsp3) is 0.214. The van der Waals surface area contributed by atoms with Crippen LogP contribution in [0.3, 0.4) is 0 Å². The summed E-state index contributed by atoms with van der Waals surface area (Å²) < 4.78 is 0. The molecule has 0 bridgehead atoms. The van der Waals surface area contributed by atoms with Gasteiger partial charge in [-0.15, -0.1) is 0 Å². The van der Waals surface area contributed by atoms with Crippen LogP contribution < -0.4 is 0 Å². The molecule has 0 saturated carbocycles. The molecule has 0 radical (unpaired) electrons. The normalized spacial score (nSPS) is 11.7. The van der Waals surface area contributed by atoms with Crippen molar-refractivity contribution < 1.29 is 0 Å². The van der Waals surface area contributed by atoms with Gasteiger partial charge in [-0.05, 0) is 60.0 Å². The van der Waals surface area contributed by atoms with Gasteiger partial charge in [-0.3, -0.25) is 9.97 Å². The summed E-state index contributed by atoms with van der Waals surface area (Å²) in [5.41, 5.74) is 2.41. The third-order valence-corrected chi connectivity index (χ3v) is 3.62. The average Bonchev–Trinajstić information content (AvgIpc) is 2.45. The Kier molecular flexibility index (Phi) is 4.74. The molecule has 0 aliphatic carbocycles. The first-order valence-electron chi connectivity index (χ1n) is 5.73. The first-order valence-corrected chi connectivity index (χ1v) is 6.61. The second-order valence-corrected chi connectivity index (χ2v) is 4.86. The van der Waals surface area contributed by atoms with Crippen molar-refractivity contribution >= 4 is 11.8 Å². The molecule has 2 aromatic rings. The Bertz CT molecular complexity index is 508. The van der Waals surface area contributed by atoms with Crippen molar-refractivity contribution in [1.29, 1.82) is 5.26 Å². The molecule has 2 aromatic heterocycles. The van der Waals surface area contributed by atoms with Crippen molar-refractivity contribution in [2.24, 2.45) is 0 Å². The highest BCUT2D eigenvalue weighted by atomic mass is 32.2. The first kappa shape index (κ1) is 12.6. The third-order valence-electron chi connectivity index (χ3n) is 2.72. The van der Waals surface area contributed by atoms with Crippen LogP contribution in [0.5, 0.6) is 0 Å². The molecule has 1 unspecified atom stereocenters. The van der Waals surface area contributed by atoms with Crippen molar-refractivity contribution in [2.75, 3.05) is 0 Å². The maximum absolute atomic E-state index is 8.88. The zero-order valence-electron chi connectivity index (χ0n) is 9.86. The molecular weight excluding hydrogens is 242 g/mol. The van der Waals surface area contributed by atoms with Gasteiger partial charge in [0.2, 0.25) is 0 Å². The summed E-state index contributed by atoms with van der Waals surface area (Å²) in [5, 5.41) is 11.3. The lowest BCUT2D eigenvalue weighted by Gasteiger charge is -2.12. The van der Waals surface area contributed by atoms with E-state index in [-0.39, 0.29) is 5.25 Å². The van der Waals surface area contributed by atoms with E-state index < -0.39 is 0 Å². The number of aryl methyl sites for hydroxylation is 1. The number of rotatable bonds is 5. The van der Waals surface area contributed by atoms with Crippen molar-refractivity contribution in [2.45, 2.75) is 18.1 Å². The van der Waals surface area contributed by atoms with E-state index >= 15 is 0 Å². The fourth-order valence-corrected chi connectivity index (χ4v) is 2.44. The number of nitrogens with zero attached hydrogens (tertiary/aromatic N) is 3. The predicted molar refractivity (Wildman–Crippen MR) is 72.7 cm³/mol. The van der Waals surface area contributed by atoms with Crippen LogP contribution in [0.1, 0.15) is 22.8 Å². The van der Waals surface area contributed by atoms with Gasteiger partial charge < -0.3 is 0 Å². The zero-order chi connectivity index (χ0) is 12.6. The molecule has 0 aromatic carbocycles. The van der Waals surface area contributed by atoms with Crippen LogP contribution in [0.2, 0.25) is 0 Å². The molecule has 3 nitrogen and oxygen atoms in total. The summed E-state index contributed by atoms with van der Waals surface area (Å²) in [4.78, 5) is 8.01. The largest absolute Gasteiger partial charge is 0.265 e. The van der Waals surface area contributed by atoms with E-state index in [9.17, 15) is 0 Å². The van der Waals surface area contributed by atoms with Crippen LogP contribution >= 0.6 is 11.8 Å². The van der Waals surface area contributed by atoms with Gasteiger partial charge in [0.25, 0.3) is 0 Å². The van der Waals surface area contributed by atoms with Crippen LogP contribution in [-0.4, -0.2) is 9.97 Å². The Hall–Kier alpha value is -1.86. The van der Waals surface area contributed by atoms with Gasteiger partial charge in [-0.1, -0.05) is 0 Å². The Morgan fingerprint density at radius 1 is 1.06 bits per heavy atom. The smallest absolute Gasteiger partial charge is 0.133 e. The predicted octanol–water partition coefficient (Wildman–Crippen LogP) is 3.36. The number of pyridine rings is 2. The van der Waals surface area contributed by atoms with E-state index in [1.807, 2.05) is 24.3 Å². The van der Waals surface area contributed by atoms with Gasteiger partial charge in [-0.25, -0.2) is 0 Å². The van der Waals surface area contributed by atoms with Gasteiger partial charge in [0, 0.05) is 30.0 Å². The van der Waals surface area contributed by atoms with E-state index in [0.717, 1.165) is 18.4 Å². The number of hydrogen-bond acceptors (Lipinski definition) is 4. The highest BCUT2D eigenvalue weighted by molar-refractivity contribution is 8.03. The van der Waals surface area contributed by atoms with E-state index in [4.69, 9.17) is 5.26 Å². The van der Waals surface area contributed by atoms with E-state index in [2.05, 4.69) is 15.4 Å². The number of aromatic nitrogens is 2. The number of hydrogen-bond donors (Lipinski definition) is 0. The van der Waals surface area contributed by atoms with Crippen molar-refractivity contribution in [1.82, 2.24) is 9.97 Å². The van der Waals surface area contributed by atoms with Crippen molar-refractivity contribution in [3.05, 3.63) is 60.2 Å². The van der Waals surface area contributed by atoms with E-state index in [1.165, 1.54) is 17.3 Å². The molecule has 0 amide bonds. The van der Waals surface area contributed by atoms with Crippen molar-refractivity contribution in [3.63, 3.8) is 0 Å². The Balaban J connectivity index is 2.02. The lowest BCUT2D eigenvalue weighted by Crippen LogP contribution is -1.96. The van der Waals surface area contributed by atoms with Crippen LogP contribution in [0.4, 0.5) is 0 Å². The third kappa shape index (κ3) is 3.57. The quantitative estimate of drug-likeness (QED) is 0.769. The lowest BCUT2D eigenvalue weighted by molar-refractivity contribution is 0.802. The molecule has 2 rings (SSSR count). The molecule has 0 saturated heterocycles. The number of nitriles is 1. The van der Waals surface area contributed by atoms with Gasteiger partial charge in [0.15, 0.2) is 0 Å². The fourth-order valence-electron chi connectivity index (χ4n) is 1.78.